The van der Waals surface area contributed by atoms with Crippen molar-refractivity contribution in [1.82, 2.24) is 5.32 Å². The molecule has 1 heterocycles. The van der Waals surface area contributed by atoms with E-state index in [2.05, 4.69) is 17.5 Å². The van der Waals surface area contributed by atoms with E-state index >= 15 is 0 Å². The molecule has 0 bridgehead atoms. The Hall–Kier alpha value is -2.20. The van der Waals surface area contributed by atoms with Crippen molar-refractivity contribution in [3.63, 3.8) is 0 Å². The first-order valence-corrected chi connectivity index (χ1v) is 7.35. The van der Waals surface area contributed by atoms with Gasteiger partial charge in [0.25, 0.3) is 0 Å². The summed E-state index contributed by atoms with van der Waals surface area (Å²) in [6, 6.07) is 11.4. The Morgan fingerprint density at radius 1 is 1.09 bits per heavy atom. The van der Waals surface area contributed by atoms with Crippen molar-refractivity contribution in [3.05, 3.63) is 63.5 Å². The zero-order valence-electron chi connectivity index (χ0n) is 12.1. The third-order valence-corrected chi connectivity index (χ3v) is 4.08. The molecule has 0 saturated carbocycles. The van der Waals surface area contributed by atoms with Crippen molar-refractivity contribution >= 4 is 28.2 Å². The Balaban J connectivity index is 2.49. The molecule has 0 saturated heterocycles. The van der Waals surface area contributed by atoms with Gasteiger partial charge in [-0.05, 0) is 31.5 Å². The maximum absolute atomic E-state index is 9.38. The Kier molecular flexibility index (Phi) is 4.93. The molecule has 1 aromatic carbocycles. The van der Waals surface area contributed by atoms with Crippen molar-refractivity contribution in [2.45, 2.75) is 13.8 Å². The summed E-state index contributed by atoms with van der Waals surface area (Å²) in [5.41, 5.74) is 3.25. The van der Waals surface area contributed by atoms with Gasteiger partial charge in [-0.3, -0.25) is 0 Å². The van der Waals surface area contributed by atoms with Crippen molar-refractivity contribution in [2.75, 3.05) is 0 Å². The van der Waals surface area contributed by atoms with E-state index in [1.807, 2.05) is 13.8 Å². The highest BCUT2D eigenvalue weighted by atomic mass is 35.5. The fraction of sp³-hybridized carbons (Fsp3) is 0.176. The smallest absolute Gasteiger partial charge is 0.0975 e. The Morgan fingerprint density at radius 2 is 1.59 bits per heavy atom. The van der Waals surface area contributed by atoms with Crippen LogP contribution in [0.1, 0.15) is 19.4 Å². The lowest BCUT2D eigenvalue weighted by atomic mass is 9.86. The first-order valence-electron chi connectivity index (χ1n) is 6.60. The lowest BCUT2D eigenvalue weighted by molar-refractivity contribution is 0.799. The molecule has 5 heteroatoms. The van der Waals surface area contributed by atoms with Crippen LogP contribution >= 0.6 is 23.2 Å². The van der Waals surface area contributed by atoms with Gasteiger partial charge in [0.2, 0.25) is 0 Å². The second kappa shape index (κ2) is 6.71. The van der Waals surface area contributed by atoms with E-state index in [0.717, 1.165) is 17.0 Å². The third-order valence-electron chi connectivity index (χ3n) is 3.48. The quantitative estimate of drug-likeness (QED) is 0.852. The van der Waals surface area contributed by atoms with Crippen LogP contribution in [0.2, 0.25) is 5.02 Å². The number of nitrogens with one attached hydrogen (secondary N) is 1. The number of hydrogen-bond acceptors (Lipinski definition) is 3. The van der Waals surface area contributed by atoms with Gasteiger partial charge in [-0.25, -0.2) is 0 Å². The highest BCUT2D eigenvalue weighted by Gasteiger charge is 2.26. The zero-order chi connectivity index (χ0) is 16.3. The molecule has 0 aliphatic carbocycles. The standard InChI is InChI=1S/C17H13Cl2N3/c1-10-15(8-20)14(16(9-21)11(2)22-10)7-17(19)12-3-5-13(18)6-4-12/h3-7,14,22H,1-2H3/b17-7+. The number of rotatable bonds is 2. The summed E-state index contributed by atoms with van der Waals surface area (Å²) in [5.74, 6) is -0.445. The SMILES string of the molecule is CC1=C(C#N)C(/C=C(/Cl)c2ccc(Cl)cc2)C(C#N)=C(C)N1. The second-order valence-corrected chi connectivity index (χ2v) is 5.77. The van der Waals surface area contributed by atoms with Crippen LogP contribution in [0.25, 0.3) is 5.03 Å². The number of allylic oxidation sites excluding steroid dienone is 5. The topological polar surface area (TPSA) is 59.6 Å². The first-order chi connectivity index (χ1) is 10.5. The largest absolute Gasteiger partial charge is 0.361 e. The van der Waals surface area contributed by atoms with Gasteiger partial charge >= 0.3 is 0 Å². The average molecular weight is 330 g/mol. The highest BCUT2D eigenvalue weighted by molar-refractivity contribution is 6.48. The summed E-state index contributed by atoms with van der Waals surface area (Å²) in [6.07, 6.45) is 1.73. The van der Waals surface area contributed by atoms with E-state index in [0.29, 0.717) is 21.2 Å². The van der Waals surface area contributed by atoms with Gasteiger partial charge in [-0.1, -0.05) is 41.4 Å². The minimum Gasteiger partial charge on any atom is -0.361 e. The Labute approximate surface area is 139 Å². The van der Waals surface area contributed by atoms with E-state index in [1.165, 1.54) is 0 Å². The van der Waals surface area contributed by atoms with E-state index in [4.69, 9.17) is 23.2 Å². The molecule has 0 radical (unpaired) electrons. The monoisotopic (exact) mass is 329 g/mol. The number of hydrogen-bond donors (Lipinski definition) is 1. The molecular weight excluding hydrogens is 317 g/mol. The molecule has 1 N–H and O–H groups in total. The minimum atomic E-state index is -0.445. The highest BCUT2D eigenvalue weighted by Crippen LogP contribution is 2.33. The normalized spacial score (nSPS) is 16.2. The Bertz CT molecular complexity index is 736. The summed E-state index contributed by atoms with van der Waals surface area (Å²) >= 11 is 12.2. The third kappa shape index (κ3) is 3.17. The van der Waals surface area contributed by atoms with Crippen molar-refractivity contribution in [2.24, 2.45) is 5.92 Å². The number of nitriles is 2. The van der Waals surface area contributed by atoms with Crippen LogP contribution in [0, 0.1) is 28.6 Å². The molecular formula is C17H13Cl2N3. The van der Waals surface area contributed by atoms with Crippen molar-refractivity contribution < 1.29 is 0 Å². The lowest BCUT2D eigenvalue weighted by Crippen LogP contribution is -2.23. The molecule has 1 aromatic rings. The molecule has 2 rings (SSSR count). The predicted molar refractivity (Wildman–Crippen MR) is 88.5 cm³/mol. The van der Waals surface area contributed by atoms with Gasteiger partial charge < -0.3 is 5.32 Å². The zero-order valence-corrected chi connectivity index (χ0v) is 13.6. The van der Waals surface area contributed by atoms with E-state index in [-0.39, 0.29) is 0 Å². The molecule has 22 heavy (non-hydrogen) atoms. The summed E-state index contributed by atoms with van der Waals surface area (Å²) in [4.78, 5) is 0. The van der Waals surface area contributed by atoms with Crippen LogP contribution in [0.4, 0.5) is 0 Å². The van der Waals surface area contributed by atoms with Crippen LogP contribution in [0.5, 0.6) is 0 Å². The fourth-order valence-electron chi connectivity index (χ4n) is 2.35. The van der Waals surface area contributed by atoms with Gasteiger partial charge in [-0.15, -0.1) is 0 Å². The van der Waals surface area contributed by atoms with Gasteiger partial charge in [-0.2, -0.15) is 10.5 Å². The summed E-state index contributed by atoms with van der Waals surface area (Å²) in [7, 11) is 0. The number of halogens is 2. The average Bonchev–Trinajstić information content (AvgIpc) is 2.48. The number of benzene rings is 1. The molecule has 110 valence electrons. The fourth-order valence-corrected chi connectivity index (χ4v) is 2.73. The maximum Gasteiger partial charge on any atom is 0.0975 e. The predicted octanol–water partition coefficient (Wildman–Crippen LogP) is 4.73. The first kappa shape index (κ1) is 16.2. The van der Waals surface area contributed by atoms with E-state index < -0.39 is 5.92 Å². The van der Waals surface area contributed by atoms with Gasteiger partial charge in [0, 0.05) is 21.4 Å². The van der Waals surface area contributed by atoms with Gasteiger partial charge in [0.15, 0.2) is 0 Å². The van der Waals surface area contributed by atoms with E-state index in [9.17, 15) is 10.5 Å². The van der Waals surface area contributed by atoms with Crippen LogP contribution in [0.3, 0.4) is 0 Å². The minimum absolute atomic E-state index is 0.445. The van der Waals surface area contributed by atoms with Crippen molar-refractivity contribution in [3.8, 4) is 12.1 Å². The van der Waals surface area contributed by atoms with Gasteiger partial charge in [0.05, 0.1) is 29.2 Å². The summed E-state index contributed by atoms with van der Waals surface area (Å²) < 4.78 is 0. The lowest BCUT2D eigenvalue weighted by Gasteiger charge is -2.24. The van der Waals surface area contributed by atoms with Gasteiger partial charge in [0.1, 0.15) is 0 Å². The van der Waals surface area contributed by atoms with Crippen LogP contribution < -0.4 is 5.32 Å². The molecule has 0 spiro atoms. The molecule has 1 aliphatic rings. The number of nitrogens with zero attached hydrogens (tertiary/aromatic N) is 2. The molecule has 0 fully saturated rings. The second-order valence-electron chi connectivity index (χ2n) is 4.93. The summed E-state index contributed by atoms with van der Waals surface area (Å²) in [6.45, 7) is 3.63. The Morgan fingerprint density at radius 3 is 2.05 bits per heavy atom. The van der Waals surface area contributed by atoms with Crippen LogP contribution in [0.15, 0.2) is 52.9 Å². The molecule has 3 nitrogen and oxygen atoms in total. The van der Waals surface area contributed by atoms with Crippen LogP contribution in [-0.4, -0.2) is 0 Å². The molecule has 0 amide bonds. The maximum atomic E-state index is 9.38. The molecule has 1 aliphatic heterocycles. The molecule has 0 atom stereocenters. The van der Waals surface area contributed by atoms with Crippen LogP contribution in [-0.2, 0) is 0 Å². The molecule has 0 aromatic heterocycles. The van der Waals surface area contributed by atoms with E-state index in [1.54, 1.807) is 30.3 Å². The summed E-state index contributed by atoms with van der Waals surface area (Å²) in [5, 5.41) is 22.9. The number of dihydropyridines is 1. The molecule has 0 unspecified atom stereocenters. The van der Waals surface area contributed by atoms with Crippen molar-refractivity contribution in [1.29, 1.82) is 10.5 Å².